The van der Waals surface area contributed by atoms with E-state index in [0.717, 1.165) is 74.1 Å². The van der Waals surface area contributed by atoms with Crippen molar-refractivity contribution in [1.29, 1.82) is 0 Å². The molecule has 30 heavy (non-hydrogen) atoms. The van der Waals surface area contributed by atoms with E-state index in [0.29, 0.717) is 0 Å². The fraction of sp³-hybridized carbons (Fsp3) is 0.542. The molecule has 0 aromatic heterocycles. The van der Waals surface area contributed by atoms with Gasteiger partial charge in [0.05, 0.1) is 7.11 Å². The average Bonchev–Trinajstić information content (AvgIpc) is 2.89. The van der Waals surface area contributed by atoms with Crippen molar-refractivity contribution in [1.82, 2.24) is 14.7 Å². The van der Waals surface area contributed by atoms with Gasteiger partial charge in [-0.2, -0.15) is 0 Å². The maximum Gasteiger partial charge on any atom is 0.325 e. The third kappa shape index (κ3) is 4.04. The van der Waals surface area contributed by atoms with Crippen LogP contribution in [0.5, 0.6) is 5.75 Å². The highest BCUT2D eigenvalue weighted by Gasteiger charge is 2.43. The molecule has 2 aliphatic rings. The van der Waals surface area contributed by atoms with Gasteiger partial charge in [-0.15, -0.1) is 0 Å². The van der Waals surface area contributed by atoms with Crippen molar-refractivity contribution in [3.05, 3.63) is 42.0 Å². The van der Waals surface area contributed by atoms with Crippen LogP contribution >= 0.6 is 0 Å². The highest BCUT2D eigenvalue weighted by atomic mass is 16.5. The van der Waals surface area contributed by atoms with Crippen molar-refractivity contribution < 1.29 is 14.6 Å². The number of piperidine rings is 1. The number of carbonyl (C=O) groups is 1. The Hall–Kier alpha value is -2.15. The molecule has 0 radical (unpaired) electrons. The molecule has 2 aromatic rings. The van der Waals surface area contributed by atoms with Crippen LogP contribution in [0.15, 0.2) is 36.4 Å². The molecule has 0 amide bonds. The first kappa shape index (κ1) is 21.1. The molecule has 2 aliphatic heterocycles. The summed E-state index contributed by atoms with van der Waals surface area (Å²) in [6, 6.07) is 11.3. The molecule has 1 unspecified atom stereocenters. The van der Waals surface area contributed by atoms with Crippen LogP contribution in [0.25, 0.3) is 10.8 Å². The van der Waals surface area contributed by atoms with Gasteiger partial charge in [-0.3, -0.25) is 14.6 Å². The average molecular weight is 412 g/mol. The summed E-state index contributed by atoms with van der Waals surface area (Å²) in [4.78, 5) is 19.5. The molecule has 1 atom stereocenters. The van der Waals surface area contributed by atoms with Gasteiger partial charge in [-0.1, -0.05) is 18.2 Å². The Balaban J connectivity index is 1.66. The van der Waals surface area contributed by atoms with E-state index in [9.17, 15) is 9.90 Å². The van der Waals surface area contributed by atoms with Crippen molar-refractivity contribution in [3.63, 3.8) is 0 Å². The Morgan fingerprint density at radius 3 is 2.43 bits per heavy atom. The van der Waals surface area contributed by atoms with Gasteiger partial charge in [0.1, 0.15) is 11.8 Å². The third-order valence-electron chi connectivity index (χ3n) is 7.15. The summed E-state index contributed by atoms with van der Waals surface area (Å²) in [7, 11) is 6.05. The van der Waals surface area contributed by atoms with Crippen LogP contribution < -0.4 is 4.74 Å². The Morgan fingerprint density at radius 2 is 1.73 bits per heavy atom. The SMILES string of the molecule is COc1ccc2cc(C(C(=O)O)N3CCCN(C)C4(CCN(C)CC4)C3)ccc2c1. The zero-order chi connectivity index (χ0) is 21.3. The molecule has 2 fully saturated rings. The topological polar surface area (TPSA) is 56.3 Å². The summed E-state index contributed by atoms with van der Waals surface area (Å²) < 4.78 is 5.32. The van der Waals surface area contributed by atoms with Gasteiger partial charge in [0.15, 0.2) is 0 Å². The zero-order valence-corrected chi connectivity index (χ0v) is 18.3. The van der Waals surface area contributed by atoms with E-state index in [4.69, 9.17) is 4.74 Å². The number of carboxylic acids is 1. The quantitative estimate of drug-likeness (QED) is 0.835. The number of nitrogens with zero attached hydrogens (tertiary/aromatic N) is 3. The second-order valence-corrected chi connectivity index (χ2v) is 8.99. The number of fused-ring (bicyclic) bond motifs is 1. The van der Waals surface area contributed by atoms with Gasteiger partial charge in [0.2, 0.25) is 0 Å². The molecule has 6 nitrogen and oxygen atoms in total. The minimum absolute atomic E-state index is 0.0565. The number of likely N-dealkylation sites (tertiary alicyclic amines) is 1. The molecule has 0 aliphatic carbocycles. The number of hydrogen-bond acceptors (Lipinski definition) is 5. The van der Waals surface area contributed by atoms with E-state index < -0.39 is 12.0 Å². The molecular weight excluding hydrogens is 378 g/mol. The Labute approximate surface area is 179 Å². The molecule has 0 bridgehead atoms. The third-order valence-corrected chi connectivity index (χ3v) is 7.15. The van der Waals surface area contributed by atoms with Gasteiger partial charge in [0.25, 0.3) is 0 Å². The number of methoxy groups -OCH3 is 1. The molecule has 1 N–H and O–H groups in total. The molecule has 0 saturated carbocycles. The normalized spacial score (nSPS) is 22.1. The van der Waals surface area contributed by atoms with Gasteiger partial charge in [-0.25, -0.2) is 0 Å². The second kappa shape index (κ2) is 8.53. The second-order valence-electron chi connectivity index (χ2n) is 8.99. The first-order chi connectivity index (χ1) is 14.4. The summed E-state index contributed by atoms with van der Waals surface area (Å²) in [6.45, 7) is 4.75. The van der Waals surface area contributed by atoms with E-state index >= 15 is 0 Å². The van der Waals surface area contributed by atoms with Crippen molar-refractivity contribution in [3.8, 4) is 5.75 Å². The molecule has 2 heterocycles. The van der Waals surface area contributed by atoms with E-state index in [-0.39, 0.29) is 5.54 Å². The molecule has 2 aromatic carbocycles. The fourth-order valence-electron chi connectivity index (χ4n) is 5.17. The number of ether oxygens (including phenoxy) is 1. The number of benzene rings is 2. The van der Waals surface area contributed by atoms with Gasteiger partial charge >= 0.3 is 5.97 Å². The number of rotatable bonds is 4. The van der Waals surface area contributed by atoms with Crippen LogP contribution in [0.2, 0.25) is 0 Å². The lowest BCUT2D eigenvalue weighted by molar-refractivity contribution is -0.144. The lowest BCUT2D eigenvalue weighted by Crippen LogP contribution is -2.58. The van der Waals surface area contributed by atoms with Crippen molar-refractivity contribution in [2.45, 2.75) is 30.8 Å². The predicted octanol–water partition coefficient (Wildman–Crippen LogP) is 3.08. The van der Waals surface area contributed by atoms with Crippen LogP contribution in [0.1, 0.15) is 30.9 Å². The highest BCUT2D eigenvalue weighted by Crippen LogP contribution is 2.35. The monoisotopic (exact) mass is 411 g/mol. The number of carboxylic acid groups (broad SMARTS) is 1. The summed E-state index contributed by atoms with van der Waals surface area (Å²) in [5, 5.41) is 12.3. The summed E-state index contributed by atoms with van der Waals surface area (Å²) in [5.74, 6) is 0.0419. The van der Waals surface area contributed by atoms with Crippen molar-refractivity contribution in [2.24, 2.45) is 0 Å². The van der Waals surface area contributed by atoms with E-state index in [1.165, 1.54) is 0 Å². The van der Waals surface area contributed by atoms with E-state index in [1.54, 1.807) is 7.11 Å². The van der Waals surface area contributed by atoms with Crippen molar-refractivity contribution >= 4 is 16.7 Å². The molecule has 6 heteroatoms. The highest BCUT2D eigenvalue weighted by molar-refractivity contribution is 5.86. The number of aliphatic carboxylic acids is 1. The Bertz CT molecular complexity index is 908. The van der Waals surface area contributed by atoms with Crippen LogP contribution in [0, 0.1) is 0 Å². The smallest absolute Gasteiger partial charge is 0.325 e. The van der Waals surface area contributed by atoms with E-state index in [1.807, 2.05) is 36.4 Å². The van der Waals surface area contributed by atoms with Crippen LogP contribution in [-0.4, -0.2) is 85.2 Å². The van der Waals surface area contributed by atoms with Crippen LogP contribution in [0.3, 0.4) is 0 Å². The minimum atomic E-state index is -0.768. The Morgan fingerprint density at radius 1 is 1.03 bits per heavy atom. The molecule has 1 spiro atoms. The van der Waals surface area contributed by atoms with Crippen LogP contribution in [-0.2, 0) is 4.79 Å². The van der Waals surface area contributed by atoms with Crippen LogP contribution in [0.4, 0.5) is 0 Å². The van der Waals surface area contributed by atoms with Gasteiger partial charge in [0, 0.05) is 18.6 Å². The van der Waals surface area contributed by atoms with Gasteiger partial charge in [-0.05, 0) is 87.5 Å². The minimum Gasteiger partial charge on any atom is -0.497 e. The molecule has 162 valence electrons. The molecule has 4 rings (SSSR count). The first-order valence-corrected chi connectivity index (χ1v) is 10.9. The predicted molar refractivity (Wildman–Crippen MR) is 119 cm³/mol. The number of hydrogen-bond donors (Lipinski definition) is 1. The maximum atomic E-state index is 12.5. The Kier molecular flexibility index (Phi) is 6.00. The standard InChI is InChI=1S/C24H33N3O3/c1-25-13-9-24(10-14-25)17-27(12-4-11-26(24)2)22(23(28)29)20-6-5-19-16-21(30-3)8-7-18(19)15-20/h5-8,15-16,22H,4,9-14,17H2,1-3H3,(H,28,29). The van der Waals surface area contributed by atoms with E-state index in [2.05, 4.69) is 28.8 Å². The largest absolute Gasteiger partial charge is 0.497 e. The summed E-state index contributed by atoms with van der Waals surface area (Å²) in [5.41, 5.74) is 0.911. The lowest BCUT2D eigenvalue weighted by Gasteiger charge is -2.48. The van der Waals surface area contributed by atoms with Gasteiger partial charge < -0.3 is 14.7 Å². The summed E-state index contributed by atoms with van der Waals surface area (Å²) >= 11 is 0. The first-order valence-electron chi connectivity index (χ1n) is 10.9. The zero-order valence-electron chi connectivity index (χ0n) is 18.3. The lowest BCUT2D eigenvalue weighted by atomic mass is 9.85. The fourth-order valence-corrected chi connectivity index (χ4v) is 5.17. The van der Waals surface area contributed by atoms with Crippen molar-refractivity contribution in [2.75, 3.05) is 53.9 Å². The number of likely N-dealkylation sites (N-methyl/N-ethyl adjacent to an activating group) is 1. The summed E-state index contributed by atoms with van der Waals surface area (Å²) in [6.07, 6.45) is 3.16. The maximum absolute atomic E-state index is 12.5. The molecular formula is C24H33N3O3. The molecule has 2 saturated heterocycles.